The number of carbonyl (C=O) groups is 1. The summed E-state index contributed by atoms with van der Waals surface area (Å²) in [5, 5.41) is 2.84. The number of nitrogens with zero attached hydrogens (tertiary/aromatic N) is 1. The van der Waals surface area contributed by atoms with Gasteiger partial charge >= 0.3 is 6.03 Å². The minimum Gasteiger partial charge on any atom is -0.369 e. The largest absolute Gasteiger partial charge is 0.369 e. The summed E-state index contributed by atoms with van der Waals surface area (Å²) in [6.07, 6.45) is 0. The van der Waals surface area contributed by atoms with Crippen LogP contribution < -0.4 is 16.8 Å². The molecule has 0 aliphatic heterocycles. The lowest BCUT2D eigenvalue weighted by Gasteiger charge is -2.04. The molecule has 0 saturated heterocycles. The third-order valence-electron chi connectivity index (χ3n) is 1.47. The van der Waals surface area contributed by atoms with E-state index in [-0.39, 0.29) is 21.7 Å². The normalized spacial score (nSPS) is 11.3. The van der Waals surface area contributed by atoms with Crippen LogP contribution in [0.4, 0.5) is 10.5 Å². The van der Waals surface area contributed by atoms with Crippen molar-refractivity contribution in [1.29, 1.82) is 0 Å². The summed E-state index contributed by atoms with van der Waals surface area (Å²) in [5.74, 6) is -0.201. The molecule has 1 aromatic carbocycles. The maximum Gasteiger partial charge on any atom is 0.318 e. The number of nitrogens with one attached hydrogen (secondary N) is 1. The summed E-state index contributed by atoms with van der Waals surface area (Å²) >= 11 is 17.4. The second kappa shape index (κ2) is 5.25. The van der Waals surface area contributed by atoms with E-state index in [2.05, 4.69) is 10.3 Å². The second-order valence-electron chi connectivity index (χ2n) is 2.71. The van der Waals surface area contributed by atoms with E-state index in [4.69, 9.17) is 46.3 Å². The highest BCUT2D eigenvalue weighted by Crippen LogP contribution is 2.35. The summed E-state index contributed by atoms with van der Waals surface area (Å²) in [4.78, 5) is 14.3. The Labute approximate surface area is 106 Å². The van der Waals surface area contributed by atoms with E-state index < -0.39 is 6.03 Å². The Morgan fingerprint density at radius 2 is 1.88 bits per heavy atom. The minimum atomic E-state index is -0.828. The van der Waals surface area contributed by atoms with Crippen molar-refractivity contribution < 1.29 is 4.79 Å². The molecule has 0 heterocycles. The quantitative estimate of drug-likeness (QED) is 0.418. The molecule has 0 radical (unpaired) electrons. The Kier molecular flexibility index (Phi) is 4.23. The number of halogens is 3. The second-order valence-corrected chi connectivity index (χ2v) is 3.93. The number of carbonyl (C=O) groups excluding carboxylic acids is 1. The maximum atomic E-state index is 10.5. The van der Waals surface area contributed by atoms with Crippen molar-refractivity contribution in [3.8, 4) is 0 Å². The Morgan fingerprint density at radius 3 is 2.44 bits per heavy atom. The van der Waals surface area contributed by atoms with Crippen molar-refractivity contribution in [1.82, 2.24) is 5.32 Å². The molecule has 2 amide bonds. The molecule has 0 bridgehead atoms. The summed E-state index contributed by atoms with van der Waals surface area (Å²) in [7, 11) is 0. The van der Waals surface area contributed by atoms with Gasteiger partial charge in [-0.1, -0.05) is 34.8 Å². The molecule has 5 N–H and O–H groups in total. The smallest absolute Gasteiger partial charge is 0.318 e. The van der Waals surface area contributed by atoms with Gasteiger partial charge in [0, 0.05) is 5.02 Å². The number of amides is 2. The zero-order valence-corrected chi connectivity index (χ0v) is 10.1. The first kappa shape index (κ1) is 12.9. The average molecular weight is 282 g/mol. The zero-order valence-electron chi connectivity index (χ0n) is 7.80. The van der Waals surface area contributed by atoms with Gasteiger partial charge in [-0.2, -0.15) is 0 Å². The van der Waals surface area contributed by atoms with E-state index in [9.17, 15) is 4.79 Å². The molecule has 1 rings (SSSR count). The van der Waals surface area contributed by atoms with Gasteiger partial charge in [-0.05, 0) is 12.1 Å². The van der Waals surface area contributed by atoms with Gasteiger partial charge in [0.05, 0.1) is 15.7 Å². The number of aliphatic imine (C=N–C) groups is 1. The van der Waals surface area contributed by atoms with Crippen molar-refractivity contribution in [3.63, 3.8) is 0 Å². The SMILES string of the molecule is NC(=O)NC(N)=Nc1cc(Cl)cc(Cl)c1Cl. The number of guanidine groups is 1. The molecule has 8 heteroatoms. The summed E-state index contributed by atoms with van der Waals surface area (Å²) in [5.41, 5.74) is 10.5. The van der Waals surface area contributed by atoms with Gasteiger partial charge in [-0.15, -0.1) is 0 Å². The first-order valence-corrected chi connectivity index (χ1v) is 5.08. The molecule has 0 aliphatic rings. The molecule has 0 saturated carbocycles. The molecule has 0 aliphatic carbocycles. The van der Waals surface area contributed by atoms with Gasteiger partial charge < -0.3 is 11.5 Å². The molecule has 0 unspecified atom stereocenters. The zero-order chi connectivity index (χ0) is 12.3. The van der Waals surface area contributed by atoms with E-state index in [1.54, 1.807) is 0 Å². The predicted octanol–water partition coefficient (Wildman–Crippen LogP) is 2.26. The van der Waals surface area contributed by atoms with E-state index in [0.29, 0.717) is 5.02 Å². The molecule has 16 heavy (non-hydrogen) atoms. The van der Waals surface area contributed by atoms with Crippen LogP contribution in [-0.4, -0.2) is 12.0 Å². The van der Waals surface area contributed by atoms with Crippen LogP contribution in [0.25, 0.3) is 0 Å². The van der Waals surface area contributed by atoms with E-state index in [0.717, 1.165) is 0 Å². The van der Waals surface area contributed by atoms with Crippen molar-refractivity contribution >= 4 is 52.5 Å². The third kappa shape index (κ3) is 3.44. The highest BCUT2D eigenvalue weighted by Gasteiger charge is 2.07. The van der Waals surface area contributed by atoms with Crippen LogP contribution in [0.5, 0.6) is 0 Å². The molecule has 0 atom stereocenters. The fourth-order valence-electron chi connectivity index (χ4n) is 0.908. The molecular weight excluding hydrogens is 274 g/mol. The van der Waals surface area contributed by atoms with Gasteiger partial charge in [-0.25, -0.2) is 9.79 Å². The standard InChI is InChI=1S/C8H7Cl3N4O/c9-3-1-4(10)6(11)5(2-3)14-7(12)15-8(13)16/h1-2H,(H5,12,13,14,15,16). The maximum absolute atomic E-state index is 10.5. The molecule has 86 valence electrons. The van der Waals surface area contributed by atoms with Gasteiger partial charge in [0.15, 0.2) is 0 Å². The van der Waals surface area contributed by atoms with E-state index in [1.807, 2.05) is 0 Å². The van der Waals surface area contributed by atoms with E-state index >= 15 is 0 Å². The van der Waals surface area contributed by atoms with Crippen LogP contribution in [0.15, 0.2) is 17.1 Å². The highest BCUT2D eigenvalue weighted by atomic mass is 35.5. The van der Waals surface area contributed by atoms with Crippen LogP contribution in [0.2, 0.25) is 15.1 Å². The monoisotopic (exact) mass is 280 g/mol. The molecule has 0 aromatic heterocycles. The van der Waals surface area contributed by atoms with Crippen LogP contribution in [0.1, 0.15) is 0 Å². The number of benzene rings is 1. The van der Waals surface area contributed by atoms with Gasteiger partial charge in [-0.3, -0.25) is 5.32 Å². The Balaban J connectivity index is 3.09. The molecular formula is C8H7Cl3N4O. The molecule has 5 nitrogen and oxygen atoms in total. The highest BCUT2D eigenvalue weighted by molar-refractivity contribution is 6.44. The Hall–Kier alpha value is -1.17. The number of hydrogen-bond acceptors (Lipinski definition) is 2. The fourth-order valence-corrected chi connectivity index (χ4v) is 1.54. The number of nitrogens with two attached hydrogens (primary N) is 2. The van der Waals surface area contributed by atoms with Crippen LogP contribution in [-0.2, 0) is 0 Å². The number of rotatable bonds is 1. The lowest BCUT2D eigenvalue weighted by atomic mass is 10.3. The first-order valence-electron chi connectivity index (χ1n) is 3.95. The van der Waals surface area contributed by atoms with Gasteiger partial charge in [0.1, 0.15) is 0 Å². The van der Waals surface area contributed by atoms with Crippen molar-refractivity contribution in [2.75, 3.05) is 0 Å². The van der Waals surface area contributed by atoms with Crippen LogP contribution in [0, 0.1) is 0 Å². The third-order valence-corrected chi connectivity index (χ3v) is 2.48. The summed E-state index contributed by atoms with van der Waals surface area (Å²) < 4.78 is 0. The van der Waals surface area contributed by atoms with Crippen molar-refractivity contribution in [2.45, 2.75) is 0 Å². The Morgan fingerprint density at radius 1 is 1.25 bits per heavy atom. The summed E-state index contributed by atoms with van der Waals surface area (Å²) in [6.45, 7) is 0. The minimum absolute atomic E-state index is 0.181. The molecule has 0 fully saturated rings. The van der Waals surface area contributed by atoms with Gasteiger partial charge in [0.2, 0.25) is 5.96 Å². The van der Waals surface area contributed by atoms with Crippen LogP contribution in [0.3, 0.4) is 0 Å². The number of primary amides is 1. The van der Waals surface area contributed by atoms with E-state index in [1.165, 1.54) is 12.1 Å². The Bertz CT molecular complexity index is 461. The topological polar surface area (TPSA) is 93.5 Å². The predicted molar refractivity (Wildman–Crippen MR) is 65.5 cm³/mol. The van der Waals surface area contributed by atoms with Crippen LogP contribution >= 0.6 is 34.8 Å². The molecule has 0 spiro atoms. The van der Waals surface area contributed by atoms with Gasteiger partial charge in [0.25, 0.3) is 0 Å². The first-order chi connectivity index (χ1) is 7.40. The number of hydrogen-bond donors (Lipinski definition) is 3. The molecule has 1 aromatic rings. The van der Waals surface area contributed by atoms with Crippen molar-refractivity contribution in [2.24, 2.45) is 16.5 Å². The number of urea groups is 1. The van der Waals surface area contributed by atoms with Crippen molar-refractivity contribution in [3.05, 3.63) is 27.2 Å². The lowest BCUT2D eigenvalue weighted by Crippen LogP contribution is -2.39. The lowest BCUT2D eigenvalue weighted by molar-refractivity contribution is 0.253. The average Bonchev–Trinajstić information content (AvgIpc) is 2.11. The fraction of sp³-hybridized carbons (Fsp3) is 0. The summed E-state index contributed by atoms with van der Waals surface area (Å²) in [6, 6.07) is 2.08.